The Balaban J connectivity index is 1.83. The van der Waals surface area contributed by atoms with Crippen LogP contribution >= 0.6 is 0 Å². The molecule has 0 amide bonds. The van der Waals surface area contributed by atoms with E-state index in [1.54, 1.807) is 27.5 Å². The fraction of sp³-hybridized carbons (Fsp3) is 0.290. The summed E-state index contributed by atoms with van der Waals surface area (Å²) in [4.78, 5) is 0. The average Bonchev–Trinajstić information content (AvgIpc) is 3.43. The average molecular weight is 616 g/mol. The maximum absolute atomic E-state index is 3.82. The van der Waals surface area contributed by atoms with Gasteiger partial charge in [-0.25, -0.2) is 0 Å². The molecule has 2 aliphatic carbocycles. The number of rotatable bonds is 6. The molecule has 0 saturated carbocycles. The van der Waals surface area contributed by atoms with E-state index in [-0.39, 0.29) is 0 Å². The molecule has 0 N–H and O–H groups in total. The molecule has 0 saturated heterocycles. The summed E-state index contributed by atoms with van der Waals surface area (Å²) in [6, 6.07) is 30.3. The summed E-state index contributed by atoms with van der Waals surface area (Å²) in [7, 11) is 0. The molecule has 0 spiro atoms. The van der Waals surface area contributed by atoms with Crippen LogP contribution in [-0.4, -0.2) is 5.98 Å². The van der Waals surface area contributed by atoms with E-state index in [4.69, 9.17) is 0 Å². The Hall–Kier alpha value is -1.77. The van der Waals surface area contributed by atoms with E-state index >= 15 is 0 Å². The maximum atomic E-state index is 2.88. The molecule has 3 unspecified atom stereocenters. The SMILES string of the molecule is CCC1=Cc2ccccc2[CH]1[Hf]([CH3])([CH3])([CH]1C(CC)=Cc2ccccc21)[SiH](C)c1ccccc1. The Morgan fingerprint density at radius 2 is 1.06 bits per heavy atom. The van der Waals surface area contributed by atoms with Gasteiger partial charge < -0.3 is 0 Å². The van der Waals surface area contributed by atoms with Gasteiger partial charge in [0.25, 0.3) is 0 Å². The Morgan fingerprint density at radius 3 is 1.52 bits per heavy atom. The van der Waals surface area contributed by atoms with Crippen LogP contribution in [0.4, 0.5) is 0 Å². The minimum absolute atomic E-state index is 0.635. The summed E-state index contributed by atoms with van der Waals surface area (Å²) < 4.78 is 7.04. The fourth-order valence-corrected chi connectivity index (χ4v) is 61.6. The Morgan fingerprint density at radius 1 is 0.636 bits per heavy atom. The van der Waals surface area contributed by atoms with Gasteiger partial charge in [-0.05, 0) is 0 Å². The van der Waals surface area contributed by atoms with E-state index in [0.717, 1.165) is 12.8 Å². The van der Waals surface area contributed by atoms with Crippen molar-refractivity contribution in [2.75, 3.05) is 0 Å². The van der Waals surface area contributed by atoms with Crippen LogP contribution in [0, 0.1) is 0 Å². The number of allylic oxidation sites excluding steroid dienone is 2. The zero-order valence-electron chi connectivity index (χ0n) is 20.8. The molecule has 0 aromatic heterocycles. The van der Waals surface area contributed by atoms with E-state index in [9.17, 15) is 0 Å². The Labute approximate surface area is 202 Å². The summed E-state index contributed by atoms with van der Waals surface area (Å²) in [5.74, 6) is -1.30. The first-order valence-electron chi connectivity index (χ1n) is 12.7. The third-order valence-corrected chi connectivity index (χ3v) is 69.9. The predicted octanol–water partition coefficient (Wildman–Crippen LogP) is 8.13. The first-order valence-corrected chi connectivity index (χ1v) is 32.6. The summed E-state index contributed by atoms with van der Waals surface area (Å²) in [6.07, 6.45) is 7.43. The van der Waals surface area contributed by atoms with Crippen molar-refractivity contribution in [1.82, 2.24) is 0 Å². The second-order valence-electron chi connectivity index (χ2n) is 11.1. The van der Waals surface area contributed by atoms with Crippen LogP contribution in [0.1, 0.15) is 56.3 Å². The van der Waals surface area contributed by atoms with Gasteiger partial charge in [0.15, 0.2) is 0 Å². The molecule has 0 nitrogen and oxygen atoms in total. The summed E-state index contributed by atoms with van der Waals surface area (Å²) >= 11 is -3.82. The monoisotopic (exact) mass is 617 g/mol. The normalized spacial score (nSPS) is 21.4. The van der Waals surface area contributed by atoms with Crippen molar-refractivity contribution in [2.24, 2.45) is 0 Å². The summed E-state index contributed by atoms with van der Waals surface area (Å²) in [5.41, 5.74) is 9.62. The third kappa shape index (κ3) is 3.39. The van der Waals surface area contributed by atoms with Gasteiger partial charge in [0.2, 0.25) is 0 Å². The van der Waals surface area contributed by atoms with Crippen LogP contribution in [0.15, 0.2) is 90.0 Å². The molecule has 0 aliphatic heterocycles. The van der Waals surface area contributed by atoms with Gasteiger partial charge in [-0.2, -0.15) is 0 Å². The van der Waals surface area contributed by atoms with Gasteiger partial charge in [0.05, 0.1) is 0 Å². The van der Waals surface area contributed by atoms with Gasteiger partial charge in [-0.15, -0.1) is 0 Å². The molecule has 2 heteroatoms. The molecule has 33 heavy (non-hydrogen) atoms. The molecule has 0 radical (unpaired) electrons. The first kappa shape index (κ1) is 23.0. The second-order valence-corrected chi connectivity index (χ2v) is 61.3. The molecule has 3 atom stereocenters. The van der Waals surface area contributed by atoms with Crippen molar-refractivity contribution < 1.29 is 17.7 Å². The molecule has 0 bridgehead atoms. The van der Waals surface area contributed by atoms with E-state index in [1.807, 2.05) is 0 Å². The van der Waals surface area contributed by atoms with Crippen LogP contribution in [0.2, 0.25) is 15.9 Å². The first-order chi connectivity index (χ1) is 15.9. The minimum atomic E-state index is -3.82. The number of hydrogen-bond acceptors (Lipinski definition) is 0. The van der Waals surface area contributed by atoms with Crippen LogP contribution < -0.4 is 5.19 Å². The second kappa shape index (κ2) is 8.47. The van der Waals surface area contributed by atoms with E-state index in [0.29, 0.717) is 7.35 Å². The fourth-order valence-electron chi connectivity index (χ4n) is 7.47. The van der Waals surface area contributed by atoms with Crippen LogP contribution in [0.3, 0.4) is 0 Å². The molecule has 0 fully saturated rings. The Kier molecular flexibility index (Phi) is 5.90. The zero-order chi connectivity index (χ0) is 23.2. The van der Waals surface area contributed by atoms with Crippen LogP contribution in [-0.2, 0) is 17.7 Å². The van der Waals surface area contributed by atoms with E-state index < -0.39 is 23.7 Å². The van der Waals surface area contributed by atoms with Gasteiger partial charge in [-0.1, -0.05) is 0 Å². The molecule has 169 valence electrons. The Bertz CT molecular complexity index is 1180. The molecule has 3 aromatic carbocycles. The number of benzene rings is 3. The number of fused-ring (bicyclic) bond motifs is 2. The van der Waals surface area contributed by atoms with Gasteiger partial charge in [0.1, 0.15) is 0 Å². The quantitative estimate of drug-likeness (QED) is 0.246. The van der Waals surface area contributed by atoms with Gasteiger partial charge in [-0.3, -0.25) is 0 Å². The van der Waals surface area contributed by atoms with Crippen molar-refractivity contribution in [3.63, 3.8) is 0 Å². The number of hydrogen-bond donors (Lipinski definition) is 0. The summed E-state index contributed by atoms with van der Waals surface area (Å²) in [5, 5.41) is 1.66. The van der Waals surface area contributed by atoms with Crippen molar-refractivity contribution in [1.29, 1.82) is 0 Å². The van der Waals surface area contributed by atoms with E-state index in [2.05, 4.69) is 121 Å². The van der Waals surface area contributed by atoms with Gasteiger partial charge in [0, 0.05) is 0 Å². The topological polar surface area (TPSA) is 0 Å². The summed E-state index contributed by atoms with van der Waals surface area (Å²) in [6.45, 7) is 7.49. The molecule has 0 heterocycles. The standard InChI is InChI=1S/2C11H11.C7H9Si.2CH3.Hf/c2*1-2-9-7-10-5-3-4-6-11(10)8-9;1-8-7-5-3-2-4-6-7;;;/h2*3-8H,2H2,1H3;2-6,8H,1H3;2*1H3;. The molecule has 3 aromatic rings. The van der Waals surface area contributed by atoms with Crippen molar-refractivity contribution >= 4 is 23.3 Å². The van der Waals surface area contributed by atoms with Gasteiger partial charge >= 0.3 is 203 Å². The molecule has 5 rings (SSSR count). The predicted molar refractivity (Wildman–Crippen MR) is 146 cm³/mol. The van der Waals surface area contributed by atoms with Crippen molar-refractivity contribution in [3.05, 3.63) is 112 Å². The van der Waals surface area contributed by atoms with Crippen molar-refractivity contribution in [2.45, 2.75) is 49.9 Å². The third-order valence-electron chi connectivity index (χ3n) is 9.34. The zero-order valence-corrected chi connectivity index (χ0v) is 25.6. The molecular weight excluding hydrogens is 579 g/mol. The van der Waals surface area contributed by atoms with E-state index in [1.165, 1.54) is 11.1 Å². The van der Waals surface area contributed by atoms with Crippen LogP contribution in [0.5, 0.6) is 0 Å². The molecule has 2 aliphatic rings. The molecular formula is C31H37HfSi. The van der Waals surface area contributed by atoms with Crippen molar-refractivity contribution in [3.8, 4) is 0 Å². The van der Waals surface area contributed by atoms with Crippen LogP contribution in [0.25, 0.3) is 12.2 Å².